The average Bonchev–Trinajstić information content (AvgIpc) is 2.31. The second kappa shape index (κ2) is 4.66. The van der Waals surface area contributed by atoms with E-state index in [-0.39, 0.29) is 0 Å². The molecule has 16 heavy (non-hydrogen) atoms. The predicted octanol–water partition coefficient (Wildman–Crippen LogP) is 1.41. The lowest BCUT2D eigenvalue weighted by Gasteiger charge is -2.34. The van der Waals surface area contributed by atoms with Crippen LogP contribution in [0.5, 0.6) is 0 Å². The summed E-state index contributed by atoms with van der Waals surface area (Å²) < 4.78 is 0. The normalized spacial score (nSPS) is 25.2. The monoisotopic (exact) mass is 217 g/mol. The van der Waals surface area contributed by atoms with Gasteiger partial charge in [-0.05, 0) is 31.4 Å². The Balaban J connectivity index is 2.17. The minimum absolute atomic E-state index is 0.427. The first-order chi connectivity index (χ1) is 7.73. The van der Waals surface area contributed by atoms with Gasteiger partial charge in [0.05, 0.1) is 5.41 Å². The van der Waals surface area contributed by atoms with Crippen molar-refractivity contribution in [2.75, 3.05) is 13.1 Å². The van der Waals surface area contributed by atoms with Gasteiger partial charge in [0.1, 0.15) is 0 Å². The third-order valence-corrected chi connectivity index (χ3v) is 3.34. The number of piperidine rings is 1. The molecule has 1 aliphatic rings. The van der Waals surface area contributed by atoms with Crippen molar-refractivity contribution in [2.45, 2.75) is 19.3 Å². The number of nitrogens with one attached hydrogen (secondary N) is 2. The van der Waals surface area contributed by atoms with Crippen LogP contribution in [0.15, 0.2) is 30.3 Å². The van der Waals surface area contributed by atoms with Crippen LogP contribution in [-0.4, -0.2) is 19.0 Å². The number of amides is 1. The van der Waals surface area contributed by atoms with E-state index in [0.717, 1.165) is 24.9 Å². The van der Waals surface area contributed by atoms with Crippen molar-refractivity contribution >= 4 is 5.91 Å². The van der Waals surface area contributed by atoms with Crippen molar-refractivity contribution < 1.29 is 4.79 Å². The first-order valence-corrected chi connectivity index (χ1v) is 5.74. The lowest BCUT2D eigenvalue weighted by molar-refractivity contribution is -0.129. The number of benzene rings is 1. The lowest BCUT2D eigenvalue weighted by atomic mass is 9.75. The maximum absolute atomic E-state index is 11.6. The van der Waals surface area contributed by atoms with E-state index in [1.807, 2.05) is 30.3 Å². The number of hydrogen-bond acceptors (Lipinski definition) is 2. The molecule has 3 heteroatoms. The van der Waals surface area contributed by atoms with Gasteiger partial charge in [-0.2, -0.15) is 0 Å². The van der Waals surface area contributed by atoms with E-state index in [4.69, 9.17) is 5.73 Å². The van der Waals surface area contributed by atoms with Gasteiger partial charge in [0, 0.05) is 6.54 Å². The molecule has 0 bridgehead atoms. The minimum atomic E-state index is -0.500. The number of hydrogen-bond donors (Lipinski definition) is 1. The van der Waals surface area contributed by atoms with Crippen molar-refractivity contribution in [3.8, 4) is 0 Å². The summed E-state index contributed by atoms with van der Waals surface area (Å²) in [6.45, 7) is 1.61. The van der Waals surface area contributed by atoms with Gasteiger partial charge in [-0.25, -0.2) is 0 Å². The van der Waals surface area contributed by atoms with E-state index in [0.29, 0.717) is 13.0 Å². The van der Waals surface area contributed by atoms with Crippen LogP contribution >= 0.6 is 0 Å². The fourth-order valence-electron chi connectivity index (χ4n) is 2.38. The summed E-state index contributed by atoms with van der Waals surface area (Å²) in [4.78, 5) is 11.6. The van der Waals surface area contributed by atoms with Crippen molar-refractivity contribution in [1.29, 1.82) is 0 Å². The van der Waals surface area contributed by atoms with Crippen molar-refractivity contribution in [2.24, 2.45) is 5.41 Å². The van der Waals surface area contributed by atoms with Gasteiger partial charge in [-0.15, -0.1) is 0 Å². The molecule has 0 unspecified atom stereocenters. The van der Waals surface area contributed by atoms with Crippen LogP contribution in [0.1, 0.15) is 18.4 Å². The maximum Gasteiger partial charge on any atom is 0.246 e. The number of rotatable bonds is 3. The summed E-state index contributed by atoms with van der Waals surface area (Å²) >= 11 is 0. The molecule has 3 nitrogen and oxygen atoms in total. The van der Waals surface area contributed by atoms with Crippen molar-refractivity contribution in [1.82, 2.24) is 11.1 Å². The van der Waals surface area contributed by atoms with Crippen LogP contribution in [0.25, 0.3) is 0 Å². The Morgan fingerprint density at radius 2 is 2.12 bits per heavy atom. The van der Waals surface area contributed by atoms with E-state index in [1.165, 1.54) is 0 Å². The third-order valence-electron chi connectivity index (χ3n) is 3.34. The number of carbonyl (C=O) groups excluding carboxylic acids is 1. The van der Waals surface area contributed by atoms with E-state index >= 15 is 0 Å². The molecule has 0 saturated carbocycles. The summed E-state index contributed by atoms with van der Waals surface area (Å²) in [5.41, 5.74) is 8.14. The lowest BCUT2D eigenvalue weighted by Crippen LogP contribution is -2.47. The fourth-order valence-corrected chi connectivity index (χ4v) is 2.38. The van der Waals surface area contributed by atoms with Gasteiger partial charge in [0.2, 0.25) is 5.91 Å². The van der Waals surface area contributed by atoms with Gasteiger partial charge < -0.3 is 5.32 Å². The summed E-state index contributed by atoms with van der Waals surface area (Å²) in [5, 5.41) is 3.24. The summed E-state index contributed by atoms with van der Waals surface area (Å²) in [6.07, 6.45) is 2.50. The fraction of sp³-hybridized carbons (Fsp3) is 0.462. The van der Waals surface area contributed by atoms with E-state index in [2.05, 4.69) is 5.32 Å². The number of carbonyl (C=O) groups is 1. The Labute approximate surface area is 96.0 Å². The molecule has 0 aromatic heterocycles. The quantitative estimate of drug-likeness (QED) is 0.832. The van der Waals surface area contributed by atoms with Crippen molar-refractivity contribution in [3.63, 3.8) is 0 Å². The van der Waals surface area contributed by atoms with Gasteiger partial charge in [-0.3, -0.25) is 10.5 Å². The molecule has 1 heterocycles. The highest BCUT2D eigenvalue weighted by atomic mass is 16.1. The topological polar surface area (TPSA) is 52.9 Å². The molecule has 1 aliphatic heterocycles. The SMILES string of the molecule is [NH]C(=O)[C@@]1(Cc2ccccc2)CCCNC1. The van der Waals surface area contributed by atoms with Gasteiger partial charge in [0.25, 0.3) is 0 Å². The minimum Gasteiger partial charge on any atom is -0.316 e. The van der Waals surface area contributed by atoms with Crippen LogP contribution in [0.3, 0.4) is 0 Å². The van der Waals surface area contributed by atoms with E-state index in [9.17, 15) is 4.79 Å². The second-order valence-electron chi connectivity index (χ2n) is 4.55. The molecule has 2 N–H and O–H groups in total. The van der Waals surface area contributed by atoms with Crippen LogP contribution in [0.4, 0.5) is 0 Å². The molecule has 0 spiro atoms. The molecule has 1 saturated heterocycles. The zero-order valence-corrected chi connectivity index (χ0v) is 9.33. The molecule has 1 aromatic rings. The molecule has 0 aliphatic carbocycles. The van der Waals surface area contributed by atoms with E-state index in [1.54, 1.807) is 0 Å². The molecule has 1 amide bonds. The van der Waals surface area contributed by atoms with E-state index < -0.39 is 11.3 Å². The highest BCUT2D eigenvalue weighted by Gasteiger charge is 2.38. The molecule has 1 fully saturated rings. The van der Waals surface area contributed by atoms with Crippen LogP contribution in [-0.2, 0) is 11.2 Å². The Bertz CT molecular complexity index is 355. The summed E-state index contributed by atoms with van der Waals surface area (Å²) in [6, 6.07) is 9.98. The Kier molecular flexibility index (Phi) is 3.25. The largest absolute Gasteiger partial charge is 0.316 e. The predicted molar refractivity (Wildman–Crippen MR) is 62.8 cm³/mol. The molecule has 1 atom stereocenters. The summed E-state index contributed by atoms with van der Waals surface area (Å²) in [5.74, 6) is -0.427. The standard InChI is InChI=1S/C13H17N2O/c14-12(16)13(7-4-8-15-10-13)9-11-5-2-1-3-6-11/h1-3,5-6,14-15H,4,7-10H2/t13-/m1/s1. The Morgan fingerprint density at radius 1 is 1.38 bits per heavy atom. The smallest absolute Gasteiger partial charge is 0.246 e. The second-order valence-corrected chi connectivity index (χ2v) is 4.55. The molecular formula is C13H17N2O. The Hall–Kier alpha value is -1.35. The zero-order valence-electron chi connectivity index (χ0n) is 9.33. The van der Waals surface area contributed by atoms with Crippen molar-refractivity contribution in [3.05, 3.63) is 35.9 Å². The average molecular weight is 217 g/mol. The molecule has 85 valence electrons. The molecular weight excluding hydrogens is 200 g/mol. The summed E-state index contributed by atoms with van der Waals surface area (Å²) in [7, 11) is 0. The van der Waals surface area contributed by atoms with Gasteiger partial charge in [0.15, 0.2) is 0 Å². The third kappa shape index (κ3) is 2.25. The first kappa shape index (κ1) is 11.1. The molecule has 1 radical (unpaired) electrons. The van der Waals surface area contributed by atoms with Gasteiger partial charge in [-0.1, -0.05) is 30.3 Å². The molecule has 1 aromatic carbocycles. The highest BCUT2D eigenvalue weighted by molar-refractivity contribution is 5.81. The van der Waals surface area contributed by atoms with Crippen LogP contribution in [0, 0.1) is 5.41 Å². The maximum atomic E-state index is 11.6. The van der Waals surface area contributed by atoms with Crippen LogP contribution in [0.2, 0.25) is 0 Å². The first-order valence-electron chi connectivity index (χ1n) is 5.74. The molecule has 2 rings (SSSR count). The highest BCUT2D eigenvalue weighted by Crippen LogP contribution is 2.30. The van der Waals surface area contributed by atoms with Crippen LogP contribution < -0.4 is 11.1 Å². The van der Waals surface area contributed by atoms with Gasteiger partial charge >= 0.3 is 0 Å². The Morgan fingerprint density at radius 3 is 2.69 bits per heavy atom. The zero-order chi connectivity index (χ0) is 11.4.